The fraction of sp³-hybridized carbons (Fsp3) is 0.0833. The van der Waals surface area contributed by atoms with Gasteiger partial charge in [-0.25, -0.2) is 13.8 Å². The van der Waals surface area contributed by atoms with Crippen LogP contribution in [0, 0.1) is 18.6 Å². The molecule has 2 heterocycles. The summed E-state index contributed by atoms with van der Waals surface area (Å²) in [5.41, 5.74) is 1.20. The smallest absolute Gasteiger partial charge is 0.186 e. The standard InChI is InChI=1S/C12H8F2N2O/c1-6-7(4-5-17-6)12-15-9-3-2-8(13)10(14)11(9)16-12/h2-5H,1H3,(H,15,16). The van der Waals surface area contributed by atoms with Gasteiger partial charge in [0.25, 0.3) is 0 Å². The van der Waals surface area contributed by atoms with Crippen LogP contribution in [0.2, 0.25) is 0 Å². The summed E-state index contributed by atoms with van der Waals surface area (Å²) in [4.78, 5) is 6.97. The van der Waals surface area contributed by atoms with E-state index in [1.807, 2.05) is 0 Å². The average Bonchev–Trinajstić information content (AvgIpc) is 2.89. The first-order valence-corrected chi connectivity index (χ1v) is 5.05. The largest absolute Gasteiger partial charge is 0.469 e. The minimum atomic E-state index is -0.939. The van der Waals surface area contributed by atoms with Gasteiger partial charge in [0.2, 0.25) is 0 Å². The molecule has 0 radical (unpaired) electrons. The third kappa shape index (κ3) is 1.43. The average molecular weight is 234 g/mol. The van der Waals surface area contributed by atoms with Gasteiger partial charge in [-0.1, -0.05) is 0 Å². The monoisotopic (exact) mass is 234 g/mol. The first-order valence-electron chi connectivity index (χ1n) is 5.05. The Morgan fingerprint density at radius 3 is 2.76 bits per heavy atom. The molecule has 3 nitrogen and oxygen atoms in total. The van der Waals surface area contributed by atoms with Crippen LogP contribution in [0.4, 0.5) is 8.78 Å². The maximum absolute atomic E-state index is 13.5. The van der Waals surface area contributed by atoms with E-state index in [0.29, 0.717) is 17.1 Å². The summed E-state index contributed by atoms with van der Waals surface area (Å²) < 4.78 is 31.6. The molecule has 5 heteroatoms. The molecule has 1 N–H and O–H groups in total. The topological polar surface area (TPSA) is 41.8 Å². The van der Waals surface area contributed by atoms with Crippen LogP contribution in [0.5, 0.6) is 0 Å². The molecule has 0 unspecified atom stereocenters. The molecule has 0 saturated heterocycles. The van der Waals surface area contributed by atoms with Crippen LogP contribution in [0.3, 0.4) is 0 Å². The van der Waals surface area contributed by atoms with E-state index >= 15 is 0 Å². The van der Waals surface area contributed by atoms with Crippen LogP contribution < -0.4 is 0 Å². The van der Waals surface area contributed by atoms with Crippen LogP contribution in [0.25, 0.3) is 22.4 Å². The van der Waals surface area contributed by atoms with Crippen molar-refractivity contribution in [2.24, 2.45) is 0 Å². The van der Waals surface area contributed by atoms with Gasteiger partial charge in [0.05, 0.1) is 17.3 Å². The van der Waals surface area contributed by atoms with Crippen LogP contribution in [-0.4, -0.2) is 9.97 Å². The normalized spacial score (nSPS) is 11.2. The van der Waals surface area contributed by atoms with Crippen LogP contribution >= 0.6 is 0 Å². The Bertz CT molecular complexity index is 700. The van der Waals surface area contributed by atoms with Crippen LogP contribution in [0.15, 0.2) is 28.9 Å². The molecular weight excluding hydrogens is 226 g/mol. The minimum absolute atomic E-state index is 0.000556. The molecule has 0 bridgehead atoms. The van der Waals surface area contributed by atoms with Crippen molar-refractivity contribution in [1.82, 2.24) is 9.97 Å². The second kappa shape index (κ2) is 3.41. The molecular formula is C12H8F2N2O. The summed E-state index contributed by atoms with van der Waals surface area (Å²) in [6.07, 6.45) is 1.52. The van der Waals surface area contributed by atoms with E-state index in [9.17, 15) is 8.78 Å². The van der Waals surface area contributed by atoms with Gasteiger partial charge in [0.15, 0.2) is 11.6 Å². The summed E-state index contributed by atoms with van der Waals surface area (Å²) in [5, 5.41) is 0. The van der Waals surface area contributed by atoms with Gasteiger partial charge in [-0.15, -0.1) is 0 Å². The number of benzene rings is 1. The zero-order valence-corrected chi connectivity index (χ0v) is 8.92. The molecule has 0 fully saturated rings. The Labute approximate surface area is 95.1 Å². The van der Waals surface area contributed by atoms with Crippen molar-refractivity contribution < 1.29 is 13.2 Å². The van der Waals surface area contributed by atoms with Crippen molar-refractivity contribution in [1.29, 1.82) is 0 Å². The quantitative estimate of drug-likeness (QED) is 0.701. The number of aryl methyl sites for hydroxylation is 1. The number of furan rings is 1. The number of hydrogen-bond acceptors (Lipinski definition) is 2. The lowest BCUT2D eigenvalue weighted by atomic mass is 10.2. The summed E-state index contributed by atoms with van der Waals surface area (Å²) in [6.45, 7) is 1.78. The highest BCUT2D eigenvalue weighted by Crippen LogP contribution is 2.26. The molecule has 0 aliphatic rings. The molecule has 2 aromatic heterocycles. The first-order chi connectivity index (χ1) is 8.16. The van der Waals surface area contributed by atoms with Crippen molar-refractivity contribution in [2.75, 3.05) is 0 Å². The molecule has 0 saturated carbocycles. The number of hydrogen-bond donors (Lipinski definition) is 1. The van der Waals surface area contributed by atoms with Crippen LogP contribution in [0.1, 0.15) is 5.76 Å². The Kier molecular flexibility index (Phi) is 2.01. The molecule has 86 valence electrons. The number of fused-ring (bicyclic) bond motifs is 1. The van der Waals surface area contributed by atoms with Crippen molar-refractivity contribution in [3.8, 4) is 11.4 Å². The third-order valence-corrected chi connectivity index (χ3v) is 2.66. The first kappa shape index (κ1) is 10.0. The molecule has 1 aromatic carbocycles. The van der Waals surface area contributed by atoms with E-state index in [2.05, 4.69) is 9.97 Å². The van der Waals surface area contributed by atoms with Gasteiger partial charge >= 0.3 is 0 Å². The van der Waals surface area contributed by atoms with Crippen molar-refractivity contribution >= 4 is 11.0 Å². The van der Waals surface area contributed by atoms with E-state index < -0.39 is 11.6 Å². The lowest BCUT2D eigenvalue weighted by molar-refractivity contribution is 0.515. The van der Waals surface area contributed by atoms with Gasteiger partial charge < -0.3 is 9.40 Å². The Morgan fingerprint density at radius 1 is 1.24 bits per heavy atom. The maximum Gasteiger partial charge on any atom is 0.186 e. The lowest BCUT2D eigenvalue weighted by Gasteiger charge is -1.91. The highest BCUT2D eigenvalue weighted by Gasteiger charge is 2.14. The molecule has 0 atom stereocenters. The van der Waals surface area contributed by atoms with Gasteiger partial charge in [0.1, 0.15) is 17.1 Å². The van der Waals surface area contributed by atoms with E-state index in [0.717, 1.165) is 11.6 Å². The number of nitrogens with zero attached hydrogens (tertiary/aromatic N) is 1. The number of aromatic nitrogens is 2. The maximum atomic E-state index is 13.5. The predicted octanol–water partition coefficient (Wildman–Crippen LogP) is 3.41. The molecule has 0 amide bonds. The Balaban J connectivity index is 2.27. The SMILES string of the molecule is Cc1occc1-c1nc2c(F)c(F)ccc2[nH]1. The molecule has 3 aromatic rings. The summed E-state index contributed by atoms with van der Waals surface area (Å²) in [6, 6.07) is 4.25. The molecule has 0 spiro atoms. The zero-order valence-electron chi connectivity index (χ0n) is 8.92. The minimum Gasteiger partial charge on any atom is -0.469 e. The number of nitrogens with one attached hydrogen (secondary N) is 1. The molecule has 17 heavy (non-hydrogen) atoms. The molecule has 0 aliphatic carbocycles. The van der Waals surface area contributed by atoms with Crippen molar-refractivity contribution in [2.45, 2.75) is 6.92 Å². The highest BCUT2D eigenvalue weighted by atomic mass is 19.2. The Hall–Kier alpha value is -2.17. The van der Waals surface area contributed by atoms with E-state index in [1.165, 1.54) is 12.3 Å². The van der Waals surface area contributed by atoms with Crippen molar-refractivity contribution in [3.63, 3.8) is 0 Å². The van der Waals surface area contributed by atoms with E-state index in [1.54, 1.807) is 13.0 Å². The zero-order chi connectivity index (χ0) is 12.0. The second-order valence-corrected chi connectivity index (χ2v) is 3.73. The van der Waals surface area contributed by atoms with Crippen molar-refractivity contribution in [3.05, 3.63) is 41.9 Å². The van der Waals surface area contributed by atoms with E-state index in [4.69, 9.17) is 4.42 Å². The van der Waals surface area contributed by atoms with Gasteiger partial charge in [-0.05, 0) is 25.1 Å². The fourth-order valence-corrected chi connectivity index (χ4v) is 1.78. The van der Waals surface area contributed by atoms with Gasteiger partial charge in [-0.2, -0.15) is 0 Å². The predicted molar refractivity (Wildman–Crippen MR) is 58.4 cm³/mol. The van der Waals surface area contributed by atoms with E-state index in [-0.39, 0.29) is 5.52 Å². The number of halogens is 2. The number of imidazole rings is 1. The van der Waals surface area contributed by atoms with Gasteiger partial charge in [0, 0.05) is 0 Å². The number of H-pyrrole nitrogens is 1. The van der Waals surface area contributed by atoms with Gasteiger partial charge in [-0.3, -0.25) is 0 Å². The summed E-state index contributed by atoms with van der Waals surface area (Å²) in [5.74, 6) is -0.703. The number of aromatic amines is 1. The van der Waals surface area contributed by atoms with Crippen LogP contribution in [-0.2, 0) is 0 Å². The third-order valence-electron chi connectivity index (χ3n) is 2.66. The molecule has 3 rings (SSSR count). The summed E-state index contributed by atoms with van der Waals surface area (Å²) in [7, 11) is 0. The fourth-order valence-electron chi connectivity index (χ4n) is 1.78. The second-order valence-electron chi connectivity index (χ2n) is 3.73. The number of rotatable bonds is 1. The Morgan fingerprint density at radius 2 is 2.06 bits per heavy atom. The summed E-state index contributed by atoms with van der Waals surface area (Å²) >= 11 is 0. The lowest BCUT2D eigenvalue weighted by Crippen LogP contribution is -1.84. The highest BCUT2D eigenvalue weighted by molar-refractivity contribution is 5.80. The molecule has 0 aliphatic heterocycles.